The fourth-order valence-corrected chi connectivity index (χ4v) is 5.78. The minimum atomic E-state index is -2.79. The summed E-state index contributed by atoms with van der Waals surface area (Å²) in [6.07, 6.45) is 8.28. The molecule has 0 bridgehead atoms. The molecule has 1 aliphatic carbocycles. The van der Waals surface area contributed by atoms with Crippen molar-refractivity contribution in [3.8, 4) is 0 Å². The van der Waals surface area contributed by atoms with Gasteiger partial charge in [0.05, 0.1) is 12.0 Å². The molecule has 6 nitrogen and oxygen atoms in total. The van der Waals surface area contributed by atoms with Crippen molar-refractivity contribution < 1.29 is 17.9 Å². The van der Waals surface area contributed by atoms with Crippen molar-refractivity contribution in [2.75, 3.05) is 11.9 Å². The van der Waals surface area contributed by atoms with E-state index in [9.17, 15) is 8.78 Å². The Morgan fingerprint density at radius 3 is 2.50 bits per heavy atom. The Morgan fingerprint density at radius 2 is 1.91 bits per heavy atom. The molecule has 0 aromatic carbocycles. The van der Waals surface area contributed by atoms with Crippen molar-refractivity contribution in [2.24, 2.45) is 0 Å². The van der Waals surface area contributed by atoms with Crippen LogP contribution in [-0.2, 0) is 9.16 Å². The number of hydrogen-bond donors (Lipinski definition) is 1. The fraction of sp³-hybridized carbons (Fsp3) is 0.727. The molecule has 32 heavy (non-hydrogen) atoms. The molecular weight excluding hydrogens is 498 g/mol. The number of aromatic nitrogens is 3. The van der Waals surface area contributed by atoms with E-state index in [-0.39, 0.29) is 17.7 Å². The first kappa shape index (κ1) is 25.5. The molecule has 0 spiro atoms. The number of halogens is 3. The average molecular weight is 534 g/mol. The minimum absolute atomic E-state index is 0.123. The van der Waals surface area contributed by atoms with Gasteiger partial charge in [0.2, 0.25) is 5.95 Å². The Kier molecular flexibility index (Phi) is 8.00. The lowest BCUT2D eigenvalue weighted by molar-refractivity contribution is -0.130. The molecule has 0 saturated heterocycles. The number of anilines is 1. The highest BCUT2D eigenvalue weighted by Gasteiger charge is 2.40. The first-order chi connectivity index (χ1) is 14.9. The molecule has 0 radical (unpaired) electrons. The zero-order chi connectivity index (χ0) is 23.7. The first-order valence-electron chi connectivity index (χ1n) is 11.2. The summed E-state index contributed by atoms with van der Waals surface area (Å²) < 4.78 is 38.8. The molecule has 3 rings (SSSR count). The molecule has 180 valence electrons. The molecule has 0 unspecified atom stereocenters. The maximum atomic E-state index is 12.3. The van der Waals surface area contributed by atoms with Crippen LogP contribution in [0.1, 0.15) is 59.4 Å². The molecular formula is C22H35BrF2N4O2Si. The topological polar surface area (TPSA) is 61.2 Å². The third kappa shape index (κ3) is 6.06. The standard InChI is InChI=1S/C22H35BrF2N4O2Si/c1-14(13-30-20(24)25)27-21-26-11-17-18(23)12-29(19(17)28-21)15-7-9-16(10-8-15)31-32(5,6)22(2,3)4/h11-12,14-16,20H,7-10,13H2,1-6H3,(H,26,27,28)/t14-,15?,16?/m0/s1. The van der Waals surface area contributed by atoms with E-state index < -0.39 is 14.9 Å². The van der Waals surface area contributed by atoms with Gasteiger partial charge in [-0.1, -0.05) is 20.8 Å². The van der Waals surface area contributed by atoms with Gasteiger partial charge in [-0.05, 0) is 66.7 Å². The summed E-state index contributed by atoms with van der Waals surface area (Å²) in [5.74, 6) is 0.407. The second-order valence-electron chi connectivity index (χ2n) is 10.3. The van der Waals surface area contributed by atoms with Crippen LogP contribution >= 0.6 is 15.9 Å². The number of rotatable bonds is 8. The third-order valence-electron chi connectivity index (χ3n) is 6.68. The minimum Gasteiger partial charge on any atom is -0.414 e. The monoisotopic (exact) mass is 532 g/mol. The van der Waals surface area contributed by atoms with E-state index in [0.29, 0.717) is 18.1 Å². The largest absolute Gasteiger partial charge is 0.414 e. The lowest BCUT2D eigenvalue weighted by atomic mass is 9.93. The molecule has 0 aliphatic heterocycles. The third-order valence-corrected chi connectivity index (χ3v) is 11.8. The van der Waals surface area contributed by atoms with Crippen LogP contribution in [-0.4, -0.2) is 48.2 Å². The Hall–Kier alpha value is -1.10. The van der Waals surface area contributed by atoms with E-state index in [2.05, 4.69) is 75.6 Å². The van der Waals surface area contributed by atoms with Crippen LogP contribution in [0.25, 0.3) is 11.0 Å². The van der Waals surface area contributed by atoms with E-state index in [4.69, 9.17) is 9.41 Å². The maximum absolute atomic E-state index is 12.3. The second-order valence-corrected chi connectivity index (χ2v) is 15.9. The Morgan fingerprint density at radius 1 is 1.25 bits per heavy atom. The summed E-state index contributed by atoms with van der Waals surface area (Å²) in [7, 11) is -1.77. The number of fused-ring (bicyclic) bond motifs is 1. The van der Waals surface area contributed by atoms with Gasteiger partial charge < -0.3 is 19.0 Å². The van der Waals surface area contributed by atoms with Crippen LogP contribution in [0.2, 0.25) is 18.1 Å². The van der Waals surface area contributed by atoms with Gasteiger partial charge in [0, 0.05) is 35.1 Å². The van der Waals surface area contributed by atoms with E-state index in [1.165, 1.54) is 0 Å². The second kappa shape index (κ2) is 10.0. The zero-order valence-electron chi connectivity index (χ0n) is 19.8. The predicted octanol–water partition coefficient (Wildman–Crippen LogP) is 6.74. The van der Waals surface area contributed by atoms with Crippen LogP contribution in [0.15, 0.2) is 16.9 Å². The smallest absolute Gasteiger partial charge is 0.345 e. The lowest BCUT2D eigenvalue weighted by Crippen LogP contribution is -2.44. The van der Waals surface area contributed by atoms with Crippen molar-refractivity contribution in [1.82, 2.24) is 14.5 Å². The predicted molar refractivity (Wildman–Crippen MR) is 130 cm³/mol. The molecule has 1 saturated carbocycles. The van der Waals surface area contributed by atoms with Gasteiger partial charge in [0.1, 0.15) is 5.65 Å². The van der Waals surface area contributed by atoms with Crippen molar-refractivity contribution in [3.05, 3.63) is 16.9 Å². The normalized spacial score (nSPS) is 21.3. The summed E-state index contributed by atoms with van der Waals surface area (Å²) in [4.78, 5) is 9.04. The molecule has 0 amide bonds. The van der Waals surface area contributed by atoms with Gasteiger partial charge in [-0.3, -0.25) is 0 Å². The highest BCUT2D eigenvalue weighted by molar-refractivity contribution is 9.10. The summed E-state index contributed by atoms with van der Waals surface area (Å²) in [5.41, 5.74) is 0.838. The Bertz CT molecular complexity index is 911. The summed E-state index contributed by atoms with van der Waals surface area (Å²) in [5, 5.41) is 4.20. The number of nitrogens with zero attached hydrogens (tertiary/aromatic N) is 3. The van der Waals surface area contributed by atoms with Gasteiger partial charge in [0.25, 0.3) is 0 Å². The van der Waals surface area contributed by atoms with Gasteiger partial charge >= 0.3 is 6.61 Å². The van der Waals surface area contributed by atoms with Gasteiger partial charge in [0.15, 0.2) is 8.32 Å². The van der Waals surface area contributed by atoms with Crippen molar-refractivity contribution in [2.45, 2.75) is 96.3 Å². The molecule has 2 aromatic rings. The number of ether oxygens (including phenoxy) is 1. The highest BCUT2D eigenvalue weighted by atomic mass is 79.9. The van der Waals surface area contributed by atoms with Gasteiger partial charge in [-0.15, -0.1) is 0 Å². The van der Waals surface area contributed by atoms with E-state index >= 15 is 0 Å². The molecule has 1 atom stereocenters. The zero-order valence-corrected chi connectivity index (χ0v) is 22.4. The number of hydrogen-bond acceptors (Lipinski definition) is 5. The summed E-state index contributed by atoms with van der Waals surface area (Å²) in [6.45, 7) is 10.3. The number of nitrogens with one attached hydrogen (secondary N) is 1. The van der Waals surface area contributed by atoms with Crippen LogP contribution in [0.4, 0.5) is 14.7 Å². The van der Waals surface area contributed by atoms with Crippen molar-refractivity contribution >= 4 is 41.2 Å². The van der Waals surface area contributed by atoms with Crippen LogP contribution < -0.4 is 5.32 Å². The van der Waals surface area contributed by atoms with Crippen molar-refractivity contribution in [3.63, 3.8) is 0 Å². The SMILES string of the molecule is C[C@@H](COC(F)F)Nc1ncc2c(Br)cn(C3CCC(O[Si](C)(C)C(C)(C)C)CC3)c2n1. The lowest BCUT2D eigenvalue weighted by Gasteiger charge is -2.41. The Balaban J connectivity index is 1.70. The molecule has 2 aromatic heterocycles. The molecule has 2 heterocycles. The molecule has 1 fully saturated rings. The van der Waals surface area contributed by atoms with E-state index in [1.54, 1.807) is 13.1 Å². The average Bonchev–Trinajstić information content (AvgIpc) is 3.02. The fourth-order valence-electron chi connectivity index (χ4n) is 3.85. The van der Waals surface area contributed by atoms with E-state index in [0.717, 1.165) is 41.2 Å². The van der Waals surface area contributed by atoms with Gasteiger partial charge in [-0.2, -0.15) is 13.8 Å². The molecule has 1 aliphatic rings. The quantitative estimate of drug-likeness (QED) is 0.381. The van der Waals surface area contributed by atoms with Crippen molar-refractivity contribution in [1.29, 1.82) is 0 Å². The molecule has 10 heteroatoms. The van der Waals surface area contributed by atoms with E-state index in [1.807, 2.05) is 0 Å². The van der Waals surface area contributed by atoms with Gasteiger partial charge in [-0.25, -0.2) is 4.98 Å². The first-order valence-corrected chi connectivity index (χ1v) is 14.9. The summed E-state index contributed by atoms with van der Waals surface area (Å²) >= 11 is 3.63. The molecule has 1 N–H and O–H groups in total. The highest BCUT2D eigenvalue weighted by Crippen LogP contribution is 2.41. The van der Waals surface area contributed by atoms with Crippen LogP contribution in [0, 0.1) is 0 Å². The summed E-state index contributed by atoms with van der Waals surface area (Å²) in [6, 6.07) is 0.00151. The maximum Gasteiger partial charge on any atom is 0.345 e. The van der Waals surface area contributed by atoms with Crippen LogP contribution in [0.3, 0.4) is 0 Å². The number of alkyl halides is 2. The Labute approximate surface area is 198 Å². The van der Waals surface area contributed by atoms with Crippen LogP contribution in [0.5, 0.6) is 0 Å².